The molecule has 2 heterocycles. The summed E-state index contributed by atoms with van der Waals surface area (Å²) < 4.78 is 11.5. The highest BCUT2D eigenvalue weighted by Gasteiger charge is 2.21. The molecule has 0 fully saturated rings. The fourth-order valence-electron chi connectivity index (χ4n) is 1.54. The number of nitrogens with zero attached hydrogens (tertiary/aromatic N) is 1. The van der Waals surface area contributed by atoms with Gasteiger partial charge in [-0.3, -0.25) is 0 Å². The SMILES string of the molecule is CCOC(=O)c1sc2c[n+]([O-])ccc2c1OC. The van der Waals surface area contributed by atoms with Crippen LogP contribution in [0.15, 0.2) is 18.5 Å². The van der Waals surface area contributed by atoms with E-state index >= 15 is 0 Å². The molecule has 2 rings (SSSR count). The lowest BCUT2D eigenvalue weighted by molar-refractivity contribution is -0.603. The highest BCUT2D eigenvalue weighted by Crippen LogP contribution is 2.37. The standard InChI is InChI=1S/C11H11NO4S/c1-3-16-11(13)10-9(15-2)7-4-5-12(14)6-8(7)17-10/h4-6H,3H2,1-2H3. The summed E-state index contributed by atoms with van der Waals surface area (Å²) in [6.45, 7) is 2.04. The van der Waals surface area contributed by atoms with Gasteiger partial charge in [0.05, 0.1) is 13.7 Å². The number of carbonyl (C=O) groups is 1. The van der Waals surface area contributed by atoms with Crippen LogP contribution in [0.25, 0.3) is 10.1 Å². The number of hydrogen-bond acceptors (Lipinski definition) is 5. The summed E-state index contributed by atoms with van der Waals surface area (Å²) in [5.74, 6) is 0.0343. The zero-order valence-corrected chi connectivity index (χ0v) is 10.2. The van der Waals surface area contributed by atoms with E-state index in [1.807, 2.05) is 0 Å². The number of methoxy groups -OCH3 is 1. The second-order valence-electron chi connectivity index (χ2n) is 3.27. The van der Waals surface area contributed by atoms with E-state index in [-0.39, 0.29) is 0 Å². The Hall–Kier alpha value is -1.82. The lowest BCUT2D eigenvalue weighted by atomic mass is 10.3. The van der Waals surface area contributed by atoms with Gasteiger partial charge in [0.15, 0.2) is 23.0 Å². The van der Waals surface area contributed by atoms with Gasteiger partial charge >= 0.3 is 5.97 Å². The molecule has 0 bridgehead atoms. The van der Waals surface area contributed by atoms with Gasteiger partial charge in [-0.05, 0) is 6.92 Å². The molecule has 0 radical (unpaired) electrons. The number of aromatic nitrogens is 1. The molecule has 0 aliphatic rings. The van der Waals surface area contributed by atoms with Gasteiger partial charge < -0.3 is 14.7 Å². The molecule has 0 saturated heterocycles. The van der Waals surface area contributed by atoms with Crippen molar-refractivity contribution in [1.82, 2.24) is 0 Å². The fourth-order valence-corrected chi connectivity index (χ4v) is 2.61. The molecule has 0 unspecified atom stereocenters. The van der Waals surface area contributed by atoms with Crippen LogP contribution in [0.2, 0.25) is 0 Å². The zero-order chi connectivity index (χ0) is 12.4. The molecular formula is C11H11NO4S. The number of esters is 1. The van der Waals surface area contributed by atoms with Crippen molar-refractivity contribution in [3.05, 3.63) is 28.5 Å². The van der Waals surface area contributed by atoms with Crippen LogP contribution in [0.3, 0.4) is 0 Å². The fraction of sp³-hybridized carbons (Fsp3) is 0.273. The molecule has 0 saturated carbocycles. The molecule has 0 spiro atoms. The van der Waals surface area contributed by atoms with Crippen LogP contribution in [0.5, 0.6) is 5.75 Å². The lowest BCUT2D eigenvalue weighted by Crippen LogP contribution is -2.23. The van der Waals surface area contributed by atoms with E-state index in [0.717, 1.165) is 5.39 Å². The summed E-state index contributed by atoms with van der Waals surface area (Å²) in [5.41, 5.74) is 0. The van der Waals surface area contributed by atoms with Crippen LogP contribution in [0.4, 0.5) is 0 Å². The number of hydrogen-bond donors (Lipinski definition) is 0. The number of pyridine rings is 1. The largest absolute Gasteiger partial charge is 0.619 e. The Labute approximate surface area is 102 Å². The topological polar surface area (TPSA) is 62.5 Å². The Balaban J connectivity index is 2.59. The smallest absolute Gasteiger partial charge is 0.352 e. The first kappa shape index (κ1) is 11.7. The zero-order valence-electron chi connectivity index (χ0n) is 9.43. The van der Waals surface area contributed by atoms with Gasteiger partial charge in [0.2, 0.25) is 0 Å². The minimum Gasteiger partial charge on any atom is -0.619 e. The molecule has 0 aliphatic carbocycles. The van der Waals surface area contributed by atoms with Crippen LogP contribution in [-0.2, 0) is 4.74 Å². The Bertz CT molecular complexity index is 564. The lowest BCUT2D eigenvalue weighted by Gasteiger charge is -2.02. The van der Waals surface area contributed by atoms with Gasteiger partial charge in [0, 0.05) is 11.5 Å². The molecule has 0 N–H and O–H groups in total. The molecule has 0 amide bonds. The molecule has 0 atom stereocenters. The summed E-state index contributed by atoms with van der Waals surface area (Å²) in [4.78, 5) is 12.1. The van der Waals surface area contributed by atoms with Crippen molar-refractivity contribution in [2.75, 3.05) is 13.7 Å². The van der Waals surface area contributed by atoms with Gasteiger partial charge in [-0.25, -0.2) is 4.79 Å². The first-order chi connectivity index (χ1) is 8.17. The van der Waals surface area contributed by atoms with Crippen molar-refractivity contribution in [3.8, 4) is 5.75 Å². The van der Waals surface area contributed by atoms with Crippen molar-refractivity contribution < 1.29 is 19.0 Å². The van der Waals surface area contributed by atoms with Gasteiger partial charge in [0.25, 0.3) is 0 Å². The molecule has 90 valence electrons. The molecule has 6 heteroatoms. The Kier molecular flexibility index (Phi) is 3.14. The van der Waals surface area contributed by atoms with Crippen molar-refractivity contribution in [2.45, 2.75) is 6.92 Å². The first-order valence-electron chi connectivity index (χ1n) is 5.03. The first-order valence-corrected chi connectivity index (χ1v) is 5.85. The quantitative estimate of drug-likeness (QED) is 0.474. The summed E-state index contributed by atoms with van der Waals surface area (Å²) in [6.07, 6.45) is 2.78. The van der Waals surface area contributed by atoms with Crippen LogP contribution < -0.4 is 9.47 Å². The average molecular weight is 253 g/mol. The van der Waals surface area contributed by atoms with Crippen molar-refractivity contribution >= 4 is 27.4 Å². The molecule has 17 heavy (non-hydrogen) atoms. The van der Waals surface area contributed by atoms with Crippen molar-refractivity contribution in [2.24, 2.45) is 0 Å². The molecule has 2 aromatic heterocycles. The van der Waals surface area contributed by atoms with Crippen molar-refractivity contribution in [3.63, 3.8) is 0 Å². The van der Waals surface area contributed by atoms with E-state index in [9.17, 15) is 10.0 Å². The van der Waals surface area contributed by atoms with Crippen LogP contribution in [0.1, 0.15) is 16.6 Å². The monoisotopic (exact) mass is 253 g/mol. The van der Waals surface area contributed by atoms with Gasteiger partial charge in [-0.2, -0.15) is 4.73 Å². The highest BCUT2D eigenvalue weighted by molar-refractivity contribution is 7.21. The molecule has 5 nitrogen and oxygen atoms in total. The van der Waals surface area contributed by atoms with Gasteiger partial charge in [-0.1, -0.05) is 0 Å². The number of rotatable bonds is 3. The van der Waals surface area contributed by atoms with E-state index in [1.165, 1.54) is 30.8 Å². The molecular weight excluding hydrogens is 242 g/mol. The number of thiophene rings is 1. The Morgan fingerprint density at radius 1 is 1.59 bits per heavy atom. The van der Waals surface area contributed by atoms with Gasteiger partial charge in [0.1, 0.15) is 4.70 Å². The van der Waals surface area contributed by atoms with Crippen LogP contribution in [0, 0.1) is 5.21 Å². The Morgan fingerprint density at radius 2 is 2.35 bits per heavy atom. The summed E-state index contributed by atoms with van der Waals surface area (Å²) >= 11 is 1.19. The number of carbonyl (C=O) groups excluding carboxylic acids is 1. The second kappa shape index (κ2) is 4.58. The summed E-state index contributed by atoms with van der Waals surface area (Å²) in [5, 5.41) is 11.9. The predicted octanol–water partition coefficient (Wildman–Crippen LogP) is 1.72. The maximum atomic E-state index is 11.7. The van der Waals surface area contributed by atoms with E-state index in [1.54, 1.807) is 13.0 Å². The van der Waals surface area contributed by atoms with Crippen LogP contribution in [-0.4, -0.2) is 19.7 Å². The third-order valence-electron chi connectivity index (χ3n) is 2.23. The predicted molar refractivity (Wildman–Crippen MR) is 63.3 cm³/mol. The molecule has 2 aromatic rings. The highest BCUT2D eigenvalue weighted by atomic mass is 32.1. The summed E-state index contributed by atoms with van der Waals surface area (Å²) in [7, 11) is 1.49. The maximum absolute atomic E-state index is 11.7. The van der Waals surface area contributed by atoms with E-state index in [2.05, 4.69) is 0 Å². The second-order valence-corrected chi connectivity index (χ2v) is 4.32. The van der Waals surface area contributed by atoms with E-state index in [4.69, 9.17) is 9.47 Å². The molecule has 0 aliphatic heterocycles. The minimum absolute atomic E-state index is 0.303. The van der Waals surface area contributed by atoms with E-state index < -0.39 is 5.97 Å². The number of ether oxygens (including phenoxy) is 2. The summed E-state index contributed by atoms with van der Waals surface area (Å²) in [6, 6.07) is 1.63. The number of fused-ring (bicyclic) bond motifs is 1. The minimum atomic E-state index is -0.428. The van der Waals surface area contributed by atoms with Gasteiger partial charge in [-0.15, -0.1) is 11.3 Å². The molecule has 0 aromatic carbocycles. The normalized spacial score (nSPS) is 10.5. The van der Waals surface area contributed by atoms with Crippen LogP contribution >= 0.6 is 11.3 Å². The van der Waals surface area contributed by atoms with Crippen molar-refractivity contribution in [1.29, 1.82) is 0 Å². The van der Waals surface area contributed by atoms with E-state index in [0.29, 0.717) is 26.7 Å². The maximum Gasteiger partial charge on any atom is 0.352 e. The third kappa shape index (κ3) is 2.03. The third-order valence-corrected chi connectivity index (χ3v) is 3.33. The average Bonchev–Trinajstić information content (AvgIpc) is 2.66. The Morgan fingerprint density at radius 3 is 3.00 bits per heavy atom.